The molecule has 0 spiro atoms. The average molecular weight is 607 g/mol. The van der Waals surface area contributed by atoms with Gasteiger partial charge in [0.2, 0.25) is 5.91 Å². The number of amides is 1. The lowest BCUT2D eigenvalue weighted by Crippen LogP contribution is -2.68. The molecule has 3 heterocycles. The third kappa shape index (κ3) is 6.47. The van der Waals surface area contributed by atoms with Crippen molar-refractivity contribution in [2.45, 2.75) is 35.9 Å². The van der Waals surface area contributed by atoms with Gasteiger partial charge in [0.15, 0.2) is 9.84 Å². The standard InChI is InChI=1S/C30H35N3O4S.2ClH/c1-37-26-14-13-23(38(2,35)36)17-22(26)18-32-28-24-15-16-33(19-25(24)30(31)34)29(28)27(20-9-5-3-6-10-20)21-11-7-4-8-12-21;;/h3-14,17,24-25,27-29,32H,15-16,18-19H2,1-2H3,(H2,31,34);2*1H/t24-,25-,28-,29-;;/m0../s1. The number of carbonyl (C=O) groups excluding carboxylic acids is 1. The highest BCUT2D eigenvalue weighted by atomic mass is 35.5. The first-order chi connectivity index (χ1) is 18.3. The number of hydrogen-bond acceptors (Lipinski definition) is 6. The summed E-state index contributed by atoms with van der Waals surface area (Å²) in [5, 5.41) is 3.75. The molecule has 7 nitrogen and oxygen atoms in total. The molecule has 3 aromatic carbocycles. The molecule has 0 aliphatic carbocycles. The third-order valence-electron chi connectivity index (χ3n) is 8.18. The third-order valence-corrected chi connectivity index (χ3v) is 9.29. The van der Waals surface area contributed by atoms with Crippen LogP contribution in [0.25, 0.3) is 0 Å². The number of primary amides is 1. The summed E-state index contributed by atoms with van der Waals surface area (Å²) in [7, 11) is -1.79. The van der Waals surface area contributed by atoms with Crippen molar-refractivity contribution >= 4 is 40.6 Å². The fourth-order valence-corrected chi connectivity index (χ4v) is 7.10. The van der Waals surface area contributed by atoms with E-state index in [1.807, 2.05) is 12.1 Å². The van der Waals surface area contributed by atoms with Gasteiger partial charge < -0.3 is 15.8 Å². The molecule has 0 aromatic heterocycles. The minimum absolute atomic E-state index is 0. The van der Waals surface area contributed by atoms with E-state index in [-0.39, 0.29) is 65.5 Å². The molecule has 0 radical (unpaired) electrons. The summed E-state index contributed by atoms with van der Waals surface area (Å²) >= 11 is 0. The zero-order valence-corrected chi connectivity index (χ0v) is 25.1. The number of sulfone groups is 1. The molecule has 3 N–H and O–H groups in total. The maximum Gasteiger partial charge on any atom is 0.222 e. The number of nitrogens with zero attached hydrogens (tertiary/aromatic N) is 1. The van der Waals surface area contributed by atoms with Crippen LogP contribution in [-0.2, 0) is 21.2 Å². The first-order valence-electron chi connectivity index (χ1n) is 13.0. The van der Waals surface area contributed by atoms with Crippen LogP contribution in [0.15, 0.2) is 83.8 Å². The van der Waals surface area contributed by atoms with E-state index in [0.29, 0.717) is 18.8 Å². The minimum atomic E-state index is -3.37. The van der Waals surface area contributed by atoms with Gasteiger partial charge in [-0.2, -0.15) is 0 Å². The Morgan fingerprint density at radius 3 is 2.15 bits per heavy atom. The van der Waals surface area contributed by atoms with Crippen molar-refractivity contribution in [3.63, 3.8) is 0 Å². The van der Waals surface area contributed by atoms with Crippen molar-refractivity contribution in [1.29, 1.82) is 0 Å². The molecule has 1 unspecified atom stereocenters. The molecular weight excluding hydrogens is 569 g/mol. The first kappa shape index (κ1) is 31.9. The van der Waals surface area contributed by atoms with Gasteiger partial charge in [0.1, 0.15) is 5.75 Å². The van der Waals surface area contributed by atoms with Crippen LogP contribution in [0.4, 0.5) is 0 Å². The van der Waals surface area contributed by atoms with Crippen LogP contribution in [0.3, 0.4) is 0 Å². The van der Waals surface area contributed by atoms with Crippen molar-refractivity contribution in [3.8, 4) is 5.75 Å². The first-order valence-corrected chi connectivity index (χ1v) is 14.9. The summed E-state index contributed by atoms with van der Waals surface area (Å²) < 4.78 is 30.1. The normalized spacial score (nSPS) is 23.6. The number of benzene rings is 3. The lowest BCUT2D eigenvalue weighted by atomic mass is 9.66. The van der Waals surface area contributed by atoms with E-state index in [9.17, 15) is 13.2 Å². The van der Waals surface area contributed by atoms with Gasteiger partial charge in [-0.1, -0.05) is 60.7 Å². The lowest BCUT2D eigenvalue weighted by Gasteiger charge is -2.56. The van der Waals surface area contributed by atoms with E-state index < -0.39 is 9.84 Å². The monoisotopic (exact) mass is 605 g/mol. The molecule has 3 aliphatic rings. The number of hydrogen-bond donors (Lipinski definition) is 2. The summed E-state index contributed by atoms with van der Waals surface area (Å²) in [6.45, 7) is 1.95. The van der Waals surface area contributed by atoms with E-state index in [2.05, 4.69) is 58.7 Å². The van der Waals surface area contributed by atoms with Gasteiger partial charge in [0.25, 0.3) is 0 Å². The van der Waals surface area contributed by atoms with Gasteiger partial charge in [0.05, 0.1) is 17.9 Å². The summed E-state index contributed by atoms with van der Waals surface area (Å²) in [4.78, 5) is 15.2. The van der Waals surface area contributed by atoms with Crippen molar-refractivity contribution in [2.24, 2.45) is 17.6 Å². The molecule has 2 bridgehead atoms. The topological polar surface area (TPSA) is 102 Å². The molecular formula is C30H37Cl2N3O4S. The number of ether oxygens (including phenoxy) is 1. The molecule has 6 rings (SSSR count). The molecule has 3 saturated heterocycles. The van der Waals surface area contributed by atoms with E-state index in [4.69, 9.17) is 10.5 Å². The van der Waals surface area contributed by atoms with Gasteiger partial charge in [-0.05, 0) is 48.2 Å². The molecule has 0 saturated carbocycles. The number of fused-ring (bicyclic) bond motifs is 3. The second kappa shape index (κ2) is 13.4. The fraction of sp³-hybridized carbons (Fsp3) is 0.367. The highest BCUT2D eigenvalue weighted by molar-refractivity contribution is 7.90. The SMILES string of the molecule is COc1ccc(S(C)(=O)=O)cc1CN[C@H]1[C@H]2CCN(C[C@@H]2C(N)=O)[C@H]1C(c1ccccc1)c1ccccc1.Cl.Cl. The number of halogens is 2. The molecule has 5 atom stereocenters. The highest BCUT2D eigenvalue weighted by Gasteiger charge is 2.51. The highest BCUT2D eigenvalue weighted by Crippen LogP contribution is 2.44. The van der Waals surface area contributed by atoms with Crippen LogP contribution in [0.5, 0.6) is 5.75 Å². The summed E-state index contributed by atoms with van der Waals surface area (Å²) in [5.74, 6) is 0.264. The van der Waals surface area contributed by atoms with Gasteiger partial charge >= 0.3 is 0 Å². The molecule has 40 heavy (non-hydrogen) atoms. The molecule has 3 aromatic rings. The molecule has 216 valence electrons. The zero-order chi connectivity index (χ0) is 26.9. The van der Waals surface area contributed by atoms with Gasteiger partial charge in [-0.3, -0.25) is 9.69 Å². The van der Waals surface area contributed by atoms with E-state index in [1.165, 1.54) is 17.4 Å². The number of methoxy groups -OCH3 is 1. The fourth-order valence-electron chi connectivity index (χ4n) is 6.43. The number of carbonyl (C=O) groups is 1. The Hall–Kier alpha value is -2.62. The maximum absolute atomic E-state index is 12.5. The number of nitrogens with two attached hydrogens (primary N) is 1. The Bertz CT molecular complexity index is 1350. The minimum Gasteiger partial charge on any atom is -0.496 e. The van der Waals surface area contributed by atoms with Crippen molar-refractivity contribution < 1.29 is 17.9 Å². The van der Waals surface area contributed by atoms with E-state index in [0.717, 1.165) is 18.5 Å². The number of nitrogens with one attached hydrogen (secondary N) is 1. The molecule has 3 fully saturated rings. The molecule has 1 amide bonds. The number of rotatable bonds is 9. The van der Waals surface area contributed by atoms with Crippen LogP contribution in [0, 0.1) is 11.8 Å². The van der Waals surface area contributed by atoms with E-state index in [1.54, 1.807) is 25.3 Å². The largest absolute Gasteiger partial charge is 0.496 e. The zero-order valence-electron chi connectivity index (χ0n) is 22.6. The predicted molar refractivity (Wildman–Crippen MR) is 162 cm³/mol. The van der Waals surface area contributed by atoms with Crippen LogP contribution in [0.1, 0.15) is 29.0 Å². The Balaban J connectivity index is 0.00000220. The number of piperidine rings is 3. The quantitative estimate of drug-likeness (QED) is 0.382. The Kier molecular flexibility index (Phi) is 10.7. The second-order valence-electron chi connectivity index (χ2n) is 10.4. The van der Waals surface area contributed by atoms with Gasteiger partial charge in [0, 0.05) is 42.9 Å². The van der Waals surface area contributed by atoms with Crippen molar-refractivity contribution in [2.75, 3.05) is 26.5 Å². The van der Waals surface area contributed by atoms with E-state index >= 15 is 0 Å². The molecule has 3 aliphatic heterocycles. The predicted octanol–water partition coefficient (Wildman–Crippen LogP) is 4.04. The lowest BCUT2D eigenvalue weighted by molar-refractivity contribution is -0.132. The maximum atomic E-state index is 12.5. The van der Waals surface area contributed by atoms with Crippen molar-refractivity contribution in [1.82, 2.24) is 10.2 Å². The Labute approximate surface area is 249 Å². The summed E-state index contributed by atoms with van der Waals surface area (Å²) in [6, 6.07) is 26.0. The Morgan fingerprint density at radius 1 is 1.02 bits per heavy atom. The van der Waals surface area contributed by atoms with Crippen molar-refractivity contribution in [3.05, 3.63) is 95.6 Å². The van der Waals surface area contributed by atoms with Gasteiger partial charge in [-0.25, -0.2) is 8.42 Å². The summed E-state index contributed by atoms with van der Waals surface area (Å²) in [6.07, 6.45) is 2.08. The Morgan fingerprint density at radius 2 is 1.62 bits per heavy atom. The summed E-state index contributed by atoms with van der Waals surface area (Å²) in [5.41, 5.74) is 9.10. The second-order valence-corrected chi connectivity index (χ2v) is 12.4. The van der Waals surface area contributed by atoms with Crippen LogP contribution in [0.2, 0.25) is 0 Å². The average Bonchev–Trinajstić information content (AvgIpc) is 2.93. The van der Waals surface area contributed by atoms with Crippen LogP contribution >= 0.6 is 24.8 Å². The van der Waals surface area contributed by atoms with Crippen LogP contribution in [-0.4, -0.2) is 57.8 Å². The smallest absolute Gasteiger partial charge is 0.222 e. The van der Waals surface area contributed by atoms with Crippen LogP contribution < -0.4 is 15.8 Å². The molecule has 10 heteroatoms. The van der Waals surface area contributed by atoms with Gasteiger partial charge in [-0.15, -0.1) is 24.8 Å².